The lowest BCUT2D eigenvalue weighted by Crippen LogP contribution is -2.23. The lowest BCUT2D eigenvalue weighted by molar-refractivity contribution is -0.384. The number of carbonyl (C=O) groups excluding carboxylic acids is 1. The number of benzene rings is 1. The molecule has 1 N–H and O–H groups in total. The Bertz CT molecular complexity index is 525. The minimum atomic E-state index is -0.486. The van der Waals surface area contributed by atoms with Gasteiger partial charge in [0.1, 0.15) is 6.04 Å². The Hall–Kier alpha value is -2.27. The largest absolute Gasteiger partial charge is 0.328 e. The Balaban J connectivity index is 1.85. The van der Waals surface area contributed by atoms with Gasteiger partial charge in [0.05, 0.1) is 17.5 Å². The summed E-state index contributed by atoms with van der Waals surface area (Å²) in [6.07, 6.45) is 0. The van der Waals surface area contributed by atoms with Gasteiger partial charge in [0.25, 0.3) is 5.69 Å². The number of hydrogen-bond acceptors (Lipinski definition) is 5. The van der Waals surface area contributed by atoms with E-state index >= 15 is 0 Å². The molecule has 92 valence electrons. The molecule has 1 aromatic rings. The second-order valence-corrected chi connectivity index (χ2v) is 4.44. The van der Waals surface area contributed by atoms with Crippen molar-refractivity contribution < 1.29 is 9.72 Å². The van der Waals surface area contributed by atoms with Crippen molar-refractivity contribution in [3.05, 3.63) is 34.4 Å². The maximum Gasteiger partial charge on any atom is 0.328 e. The van der Waals surface area contributed by atoms with Gasteiger partial charge in [0.2, 0.25) is 0 Å². The summed E-state index contributed by atoms with van der Waals surface area (Å²) in [5.74, 6) is 0. The number of nitriles is 1. The van der Waals surface area contributed by atoms with Crippen molar-refractivity contribution in [2.24, 2.45) is 0 Å². The zero-order valence-corrected chi connectivity index (χ0v) is 9.88. The van der Waals surface area contributed by atoms with Crippen LogP contribution in [0.4, 0.5) is 10.5 Å². The maximum absolute atomic E-state index is 11.5. The number of nitro benzene ring substituents is 1. The highest BCUT2D eigenvalue weighted by Crippen LogP contribution is 2.21. The second kappa shape index (κ2) is 4.93. The Kier molecular flexibility index (Phi) is 3.34. The zero-order valence-electron chi connectivity index (χ0n) is 9.07. The van der Waals surface area contributed by atoms with Gasteiger partial charge in [0.15, 0.2) is 0 Å². The number of nitrogens with one attached hydrogen (secondary N) is 1. The fourth-order valence-corrected chi connectivity index (χ4v) is 1.87. The van der Waals surface area contributed by atoms with E-state index in [2.05, 4.69) is 4.72 Å². The Labute approximate surface area is 107 Å². The van der Waals surface area contributed by atoms with Gasteiger partial charge in [-0.3, -0.25) is 14.8 Å². The van der Waals surface area contributed by atoms with Crippen molar-refractivity contribution in [2.75, 3.05) is 6.54 Å². The number of amides is 2. The first-order valence-corrected chi connectivity index (χ1v) is 5.81. The summed E-state index contributed by atoms with van der Waals surface area (Å²) < 4.78 is 2.56. The molecule has 0 spiro atoms. The van der Waals surface area contributed by atoms with Crippen molar-refractivity contribution in [1.82, 2.24) is 9.62 Å². The molecule has 1 aromatic carbocycles. The standard InChI is InChI=1S/C10H8N4O3S/c11-5-8-6-13(8)10(15)12-18-9-3-1-7(2-4-9)14(16)17/h1-4,8H,6H2,(H,12,15). The molecule has 2 amide bonds. The van der Waals surface area contributed by atoms with Crippen LogP contribution in [0.5, 0.6) is 0 Å². The van der Waals surface area contributed by atoms with Crippen LogP contribution in [-0.2, 0) is 0 Å². The molecule has 0 radical (unpaired) electrons. The monoisotopic (exact) mass is 264 g/mol. The molecule has 1 fully saturated rings. The molecule has 1 aliphatic heterocycles. The van der Waals surface area contributed by atoms with Crippen LogP contribution in [0, 0.1) is 21.4 Å². The van der Waals surface area contributed by atoms with Crippen molar-refractivity contribution in [3.8, 4) is 6.07 Å². The van der Waals surface area contributed by atoms with Gasteiger partial charge in [-0.1, -0.05) is 0 Å². The van der Waals surface area contributed by atoms with Gasteiger partial charge in [-0.05, 0) is 24.1 Å². The van der Waals surface area contributed by atoms with E-state index in [1.54, 1.807) is 12.1 Å². The number of non-ortho nitro benzene ring substituents is 1. The van der Waals surface area contributed by atoms with Crippen LogP contribution >= 0.6 is 11.9 Å². The first-order chi connectivity index (χ1) is 8.61. The molecule has 8 heteroatoms. The van der Waals surface area contributed by atoms with Gasteiger partial charge >= 0.3 is 6.03 Å². The summed E-state index contributed by atoms with van der Waals surface area (Å²) >= 11 is 1.06. The van der Waals surface area contributed by atoms with Gasteiger partial charge in [-0.2, -0.15) is 5.26 Å². The van der Waals surface area contributed by atoms with E-state index in [1.165, 1.54) is 17.0 Å². The molecule has 0 aromatic heterocycles. The Morgan fingerprint density at radius 1 is 1.56 bits per heavy atom. The minimum absolute atomic E-state index is 0.00108. The van der Waals surface area contributed by atoms with Gasteiger partial charge in [-0.15, -0.1) is 0 Å². The van der Waals surface area contributed by atoms with Gasteiger partial charge in [0, 0.05) is 17.0 Å². The Morgan fingerprint density at radius 3 is 2.72 bits per heavy atom. The highest BCUT2D eigenvalue weighted by Gasteiger charge is 2.38. The molecular formula is C10H8N4O3S. The lowest BCUT2D eigenvalue weighted by Gasteiger charge is -2.04. The van der Waals surface area contributed by atoms with E-state index in [4.69, 9.17) is 5.26 Å². The number of hydrogen-bond donors (Lipinski definition) is 1. The van der Waals surface area contributed by atoms with Crippen LogP contribution in [0.3, 0.4) is 0 Å². The predicted octanol–water partition coefficient (Wildman–Crippen LogP) is 1.52. The summed E-state index contributed by atoms with van der Waals surface area (Å²) in [4.78, 5) is 23.5. The quantitative estimate of drug-likeness (QED) is 0.386. The van der Waals surface area contributed by atoms with Crippen molar-refractivity contribution >= 4 is 23.7 Å². The molecule has 2 rings (SSSR count). The van der Waals surface area contributed by atoms with Crippen LogP contribution in [0.1, 0.15) is 0 Å². The van der Waals surface area contributed by atoms with Crippen molar-refractivity contribution in [3.63, 3.8) is 0 Å². The third kappa shape index (κ3) is 2.70. The SMILES string of the molecule is N#CC1CN1C(=O)NSc1ccc([N+](=O)[O-])cc1. The summed E-state index contributed by atoms with van der Waals surface area (Å²) in [6.45, 7) is 0.448. The topological polar surface area (TPSA) is 99.0 Å². The summed E-state index contributed by atoms with van der Waals surface area (Å²) in [7, 11) is 0. The number of rotatable bonds is 3. The number of nitrogens with zero attached hydrogens (tertiary/aromatic N) is 3. The van der Waals surface area contributed by atoms with E-state index in [1.807, 2.05) is 6.07 Å². The molecule has 0 bridgehead atoms. The van der Waals surface area contributed by atoms with E-state index in [-0.39, 0.29) is 17.8 Å². The fourth-order valence-electron chi connectivity index (χ4n) is 1.27. The summed E-state index contributed by atoms with van der Waals surface area (Å²) in [5.41, 5.74) is 0.00108. The molecule has 1 saturated heterocycles. The van der Waals surface area contributed by atoms with E-state index in [9.17, 15) is 14.9 Å². The van der Waals surface area contributed by atoms with E-state index < -0.39 is 4.92 Å². The average Bonchev–Trinajstić information content (AvgIpc) is 3.16. The molecule has 7 nitrogen and oxygen atoms in total. The second-order valence-electron chi connectivity index (χ2n) is 3.56. The third-order valence-electron chi connectivity index (χ3n) is 2.33. The number of carbonyl (C=O) groups is 1. The fraction of sp³-hybridized carbons (Fsp3) is 0.200. The van der Waals surface area contributed by atoms with Crippen molar-refractivity contribution in [1.29, 1.82) is 5.26 Å². The number of urea groups is 1. The average molecular weight is 264 g/mol. The van der Waals surface area contributed by atoms with E-state index in [0.29, 0.717) is 11.4 Å². The van der Waals surface area contributed by atoms with Crippen LogP contribution < -0.4 is 4.72 Å². The normalized spacial score (nSPS) is 16.8. The van der Waals surface area contributed by atoms with Crippen LogP contribution in [0.15, 0.2) is 29.2 Å². The molecule has 18 heavy (non-hydrogen) atoms. The molecule has 1 heterocycles. The molecule has 0 aliphatic carbocycles. The van der Waals surface area contributed by atoms with E-state index in [0.717, 1.165) is 11.9 Å². The van der Waals surface area contributed by atoms with Crippen LogP contribution in [0.25, 0.3) is 0 Å². The smallest absolute Gasteiger partial charge is 0.303 e. The molecule has 1 unspecified atom stereocenters. The van der Waals surface area contributed by atoms with Crippen LogP contribution in [-0.4, -0.2) is 28.4 Å². The van der Waals surface area contributed by atoms with Gasteiger partial charge < -0.3 is 4.90 Å². The molecular weight excluding hydrogens is 256 g/mol. The number of nitro groups is 1. The summed E-state index contributed by atoms with van der Waals surface area (Å²) in [5, 5.41) is 19.0. The molecule has 0 saturated carbocycles. The molecule has 1 atom stereocenters. The first-order valence-electron chi connectivity index (χ1n) is 4.99. The third-order valence-corrected chi connectivity index (χ3v) is 3.11. The molecule has 1 aliphatic rings. The van der Waals surface area contributed by atoms with Crippen molar-refractivity contribution in [2.45, 2.75) is 10.9 Å². The van der Waals surface area contributed by atoms with Gasteiger partial charge in [-0.25, -0.2) is 4.79 Å². The van der Waals surface area contributed by atoms with Crippen LogP contribution in [0.2, 0.25) is 0 Å². The highest BCUT2D eigenvalue weighted by atomic mass is 32.2. The zero-order chi connectivity index (χ0) is 13.1. The first kappa shape index (κ1) is 12.2. The minimum Gasteiger partial charge on any atom is -0.303 e. The lowest BCUT2D eigenvalue weighted by atomic mass is 10.3. The summed E-state index contributed by atoms with van der Waals surface area (Å²) in [6, 6.07) is 7.14. The Morgan fingerprint density at radius 2 is 2.22 bits per heavy atom. The predicted molar refractivity (Wildman–Crippen MR) is 63.6 cm³/mol. The highest BCUT2D eigenvalue weighted by molar-refractivity contribution is 7.98. The maximum atomic E-state index is 11.5.